The van der Waals surface area contributed by atoms with Gasteiger partial charge in [-0.05, 0) is 30.7 Å². The standard InChI is InChI=1S/C16H18FNO/c1-12(19)15-5-3-4-6-16(15)18(2)11-13-7-9-14(17)10-8-13/h3-10,12,19H,11H2,1-2H3/t12-/m1/s1. The van der Waals surface area contributed by atoms with Gasteiger partial charge in [0.05, 0.1) is 6.10 Å². The number of hydrogen-bond acceptors (Lipinski definition) is 2. The quantitative estimate of drug-likeness (QED) is 0.908. The number of rotatable bonds is 4. The van der Waals surface area contributed by atoms with E-state index < -0.39 is 6.10 Å². The Bertz CT molecular complexity index is 537. The minimum absolute atomic E-state index is 0.226. The van der Waals surface area contributed by atoms with Crippen LogP contribution in [0.25, 0.3) is 0 Å². The van der Waals surface area contributed by atoms with Crippen molar-refractivity contribution in [3.05, 3.63) is 65.5 Å². The number of anilines is 1. The molecule has 1 N–H and O–H groups in total. The number of nitrogens with zero attached hydrogens (tertiary/aromatic N) is 1. The summed E-state index contributed by atoms with van der Waals surface area (Å²) in [6, 6.07) is 14.2. The van der Waals surface area contributed by atoms with E-state index >= 15 is 0 Å². The van der Waals surface area contributed by atoms with Gasteiger partial charge in [0.25, 0.3) is 0 Å². The van der Waals surface area contributed by atoms with Gasteiger partial charge in [-0.1, -0.05) is 30.3 Å². The van der Waals surface area contributed by atoms with E-state index in [-0.39, 0.29) is 5.82 Å². The third-order valence-corrected chi connectivity index (χ3v) is 3.13. The highest BCUT2D eigenvalue weighted by Crippen LogP contribution is 2.26. The zero-order valence-corrected chi connectivity index (χ0v) is 11.2. The summed E-state index contributed by atoms with van der Waals surface area (Å²) in [4.78, 5) is 2.05. The summed E-state index contributed by atoms with van der Waals surface area (Å²) < 4.78 is 12.9. The highest BCUT2D eigenvalue weighted by Gasteiger charge is 2.11. The van der Waals surface area contributed by atoms with Crippen LogP contribution >= 0.6 is 0 Å². The predicted molar refractivity (Wildman–Crippen MR) is 75.6 cm³/mol. The van der Waals surface area contributed by atoms with Gasteiger partial charge in [0.2, 0.25) is 0 Å². The molecule has 0 bridgehead atoms. The zero-order valence-electron chi connectivity index (χ0n) is 11.2. The number of aliphatic hydroxyl groups is 1. The van der Waals surface area contributed by atoms with Crippen molar-refractivity contribution < 1.29 is 9.50 Å². The highest BCUT2D eigenvalue weighted by atomic mass is 19.1. The number of hydrogen-bond donors (Lipinski definition) is 1. The first-order valence-corrected chi connectivity index (χ1v) is 6.30. The fourth-order valence-corrected chi connectivity index (χ4v) is 2.14. The van der Waals surface area contributed by atoms with Crippen LogP contribution in [0.4, 0.5) is 10.1 Å². The summed E-state index contributed by atoms with van der Waals surface area (Å²) in [6.45, 7) is 2.43. The third kappa shape index (κ3) is 3.32. The molecule has 2 rings (SSSR count). The Kier molecular flexibility index (Phi) is 4.17. The highest BCUT2D eigenvalue weighted by molar-refractivity contribution is 5.54. The normalized spacial score (nSPS) is 12.2. The molecule has 0 amide bonds. The third-order valence-electron chi connectivity index (χ3n) is 3.13. The van der Waals surface area contributed by atoms with Crippen molar-refractivity contribution in [3.8, 4) is 0 Å². The van der Waals surface area contributed by atoms with Crippen molar-refractivity contribution >= 4 is 5.69 Å². The van der Waals surface area contributed by atoms with E-state index in [0.29, 0.717) is 6.54 Å². The maximum Gasteiger partial charge on any atom is 0.123 e. The fraction of sp³-hybridized carbons (Fsp3) is 0.250. The second-order valence-corrected chi connectivity index (χ2v) is 4.72. The summed E-state index contributed by atoms with van der Waals surface area (Å²) in [6.07, 6.45) is -0.508. The minimum atomic E-state index is -0.508. The number of benzene rings is 2. The Morgan fingerprint density at radius 3 is 2.37 bits per heavy atom. The molecule has 1 atom stereocenters. The van der Waals surface area contributed by atoms with Gasteiger partial charge in [0, 0.05) is 24.8 Å². The molecule has 0 aliphatic heterocycles. The molecule has 2 aromatic rings. The molecule has 0 aliphatic rings. The molecular weight excluding hydrogens is 241 g/mol. The molecule has 0 aliphatic carbocycles. The SMILES string of the molecule is C[C@@H](O)c1ccccc1N(C)Cc1ccc(F)cc1. The topological polar surface area (TPSA) is 23.5 Å². The van der Waals surface area contributed by atoms with Crippen LogP contribution in [0, 0.1) is 5.82 Å². The maximum absolute atomic E-state index is 12.9. The summed E-state index contributed by atoms with van der Waals surface area (Å²) in [7, 11) is 1.96. The Hall–Kier alpha value is -1.87. The number of para-hydroxylation sites is 1. The van der Waals surface area contributed by atoms with Crippen molar-refractivity contribution in [2.75, 3.05) is 11.9 Å². The lowest BCUT2D eigenvalue weighted by molar-refractivity contribution is 0.199. The van der Waals surface area contributed by atoms with E-state index in [1.165, 1.54) is 12.1 Å². The van der Waals surface area contributed by atoms with E-state index in [1.807, 2.05) is 31.3 Å². The van der Waals surface area contributed by atoms with Gasteiger partial charge in [-0.15, -0.1) is 0 Å². The predicted octanol–water partition coefficient (Wildman–Crippen LogP) is 3.52. The molecule has 0 saturated carbocycles. The Morgan fingerprint density at radius 1 is 1.11 bits per heavy atom. The first-order chi connectivity index (χ1) is 9.08. The van der Waals surface area contributed by atoms with E-state index in [9.17, 15) is 9.50 Å². The Balaban J connectivity index is 2.20. The molecule has 0 heterocycles. The molecule has 2 aromatic carbocycles. The molecule has 0 fully saturated rings. The molecule has 0 aromatic heterocycles. The molecule has 0 saturated heterocycles. The molecule has 0 unspecified atom stereocenters. The zero-order chi connectivity index (χ0) is 13.8. The molecular formula is C16H18FNO. The minimum Gasteiger partial charge on any atom is -0.389 e. The Morgan fingerprint density at radius 2 is 1.74 bits per heavy atom. The van der Waals surface area contributed by atoms with E-state index in [4.69, 9.17) is 0 Å². The van der Waals surface area contributed by atoms with Gasteiger partial charge < -0.3 is 10.0 Å². The lowest BCUT2D eigenvalue weighted by Crippen LogP contribution is -2.18. The molecule has 100 valence electrons. The molecule has 0 radical (unpaired) electrons. The molecule has 3 heteroatoms. The fourth-order valence-electron chi connectivity index (χ4n) is 2.14. The smallest absolute Gasteiger partial charge is 0.123 e. The van der Waals surface area contributed by atoms with Crippen molar-refractivity contribution in [2.24, 2.45) is 0 Å². The van der Waals surface area contributed by atoms with Crippen LogP contribution < -0.4 is 4.90 Å². The second kappa shape index (κ2) is 5.85. The van der Waals surface area contributed by atoms with Gasteiger partial charge in [-0.2, -0.15) is 0 Å². The summed E-state index contributed by atoms with van der Waals surface area (Å²) in [5, 5.41) is 9.78. The number of aliphatic hydroxyl groups excluding tert-OH is 1. The van der Waals surface area contributed by atoms with Crippen LogP contribution in [0.3, 0.4) is 0 Å². The van der Waals surface area contributed by atoms with Crippen LogP contribution in [-0.2, 0) is 6.54 Å². The van der Waals surface area contributed by atoms with Gasteiger partial charge in [-0.25, -0.2) is 4.39 Å². The van der Waals surface area contributed by atoms with Crippen molar-refractivity contribution in [3.63, 3.8) is 0 Å². The van der Waals surface area contributed by atoms with Crippen LogP contribution in [0.2, 0.25) is 0 Å². The monoisotopic (exact) mass is 259 g/mol. The largest absolute Gasteiger partial charge is 0.389 e. The van der Waals surface area contributed by atoms with Gasteiger partial charge in [0.1, 0.15) is 5.82 Å². The number of halogens is 1. The molecule has 19 heavy (non-hydrogen) atoms. The average molecular weight is 259 g/mol. The second-order valence-electron chi connectivity index (χ2n) is 4.72. The van der Waals surface area contributed by atoms with Crippen LogP contribution in [0.1, 0.15) is 24.2 Å². The van der Waals surface area contributed by atoms with Crippen LogP contribution in [-0.4, -0.2) is 12.2 Å². The van der Waals surface area contributed by atoms with E-state index in [1.54, 1.807) is 19.1 Å². The van der Waals surface area contributed by atoms with Gasteiger partial charge in [0.15, 0.2) is 0 Å². The average Bonchev–Trinajstić information content (AvgIpc) is 2.41. The lowest BCUT2D eigenvalue weighted by Gasteiger charge is -2.23. The van der Waals surface area contributed by atoms with Gasteiger partial charge in [-0.3, -0.25) is 0 Å². The van der Waals surface area contributed by atoms with E-state index in [2.05, 4.69) is 4.90 Å². The summed E-state index contributed by atoms with van der Waals surface area (Å²) >= 11 is 0. The van der Waals surface area contributed by atoms with E-state index in [0.717, 1.165) is 16.8 Å². The summed E-state index contributed by atoms with van der Waals surface area (Å²) in [5.41, 5.74) is 2.92. The van der Waals surface area contributed by atoms with Crippen LogP contribution in [0.5, 0.6) is 0 Å². The van der Waals surface area contributed by atoms with Crippen LogP contribution in [0.15, 0.2) is 48.5 Å². The first-order valence-electron chi connectivity index (χ1n) is 6.30. The summed E-state index contributed by atoms with van der Waals surface area (Å²) in [5.74, 6) is -0.226. The molecule has 0 spiro atoms. The van der Waals surface area contributed by atoms with Crippen molar-refractivity contribution in [1.82, 2.24) is 0 Å². The van der Waals surface area contributed by atoms with Crippen molar-refractivity contribution in [1.29, 1.82) is 0 Å². The maximum atomic E-state index is 12.9. The Labute approximate surface area is 113 Å². The lowest BCUT2D eigenvalue weighted by atomic mass is 10.1. The van der Waals surface area contributed by atoms with Crippen molar-refractivity contribution in [2.45, 2.75) is 19.6 Å². The van der Waals surface area contributed by atoms with Gasteiger partial charge >= 0.3 is 0 Å². The first kappa shape index (κ1) is 13.6. The molecule has 2 nitrogen and oxygen atoms in total.